The van der Waals surface area contributed by atoms with Crippen LogP contribution in [-0.2, 0) is 4.74 Å². The molecule has 0 atom stereocenters. The second kappa shape index (κ2) is 7.79. The van der Waals surface area contributed by atoms with E-state index in [4.69, 9.17) is 10.1 Å². The molecule has 7 heteroatoms. The zero-order valence-electron chi connectivity index (χ0n) is 13.2. The van der Waals surface area contributed by atoms with Gasteiger partial charge in [-0.3, -0.25) is 4.90 Å². The van der Waals surface area contributed by atoms with E-state index in [1.807, 2.05) is 27.8 Å². The highest BCUT2D eigenvalue weighted by Crippen LogP contribution is 2.13. The molecule has 1 rings (SSSR count). The van der Waals surface area contributed by atoms with E-state index in [0.29, 0.717) is 13.1 Å². The third kappa shape index (κ3) is 6.05. The highest BCUT2D eigenvalue weighted by Gasteiger charge is 2.26. The first-order valence-corrected chi connectivity index (χ1v) is 7.83. The smallest absolute Gasteiger partial charge is 0.410 e. The largest absolute Gasteiger partial charge is 0.444 e. The van der Waals surface area contributed by atoms with Crippen molar-refractivity contribution in [1.82, 2.24) is 15.1 Å². The lowest BCUT2D eigenvalue weighted by Crippen LogP contribution is -2.50. The fourth-order valence-electron chi connectivity index (χ4n) is 2.00. The van der Waals surface area contributed by atoms with Crippen molar-refractivity contribution < 1.29 is 9.53 Å². The molecule has 21 heavy (non-hydrogen) atoms. The Bertz CT molecular complexity index is 410. The Labute approximate surface area is 135 Å². The number of hydrogen-bond donors (Lipinski definition) is 2. The number of halogens is 1. The topological polar surface area (TPSA) is 68.7 Å². The van der Waals surface area contributed by atoms with E-state index < -0.39 is 5.60 Å². The summed E-state index contributed by atoms with van der Waals surface area (Å²) >= 11 is 3.36. The predicted octanol–water partition coefficient (Wildman–Crippen LogP) is 2.01. The van der Waals surface area contributed by atoms with Crippen molar-refractivity contribution in [3.63, 3.8) is 0 Å². The highest BCUT2D eigenvalue weighted by molar-refractivity contribution is 9.12. The van der Waals surface area contributed by atoms with Crippen molar-refractivity contribution in [3.05, 3.63) is 10.2 Å². The number of allylic oxidation sites excluding steroid dienone is 1. The Morgan fingerprint density at radius 2 is 1.90 bits per heavy atom. The molecule has 0 aliphatic carbocycles. The number of hydrogen-bond acceptors (Lipinski definition) is 5. The normalized spacial score (nSPS) is 18.0. The number of carbonyl (C=O) groups is 1. The summed E-state index contributed by atoms with van der Waals surface area (Å²) in [4.78, 5) is 16.0. The van der Waals surface area contributed by atoms with E-state index in [1.165, 1.54) is 6.21 Å². The molecule has 0 saturated carbocycles. The van der Waals surface area contributed by atoms with Gasteiger partial charge in [-0.2, -0.15) is 0 Å². The summed E-state index contributed by atoms with van der Waals surface area (Å²) < 4.78 is 6.13. The number of nitrogens with one attached hydrogen (secondary N) is 2. The first-order chi connectivity index (χ1) is 9.76. The molecular weight excluding hydrogens is 336 g/mol. The highest BCUT2D eigenvalue weighted by atomic mass is 79.9. The molecule has 0 aromatic heterocycles. The third-order valence-electron chi connectivity index (χ3n) is 3.12. The van der Waals surface area contributed by atoms with E-state index in [0.717, 1.165) is 29.8 Å². The van der Waals surface area contributed by atoms with Gasteiger partial charge in [0.05, 0.1) is 4.48 Å². The van der Waals surface area contributed by atoms with E-state index in [-0.39, 0.29) is 6.09 Å². The Kier molecular flexibility index (Phi) is 6.67. The average Bonchev–Trinajstić information content (AvgIpc) is 2.42. The van der Waals surface area contributed by atoms with Gasteiger partial charge in [-0.05, 0) is 36.7 Å². The number of nitrogens with zero attached hydrogens (tertiary/aromatic N) is 2. The van der Waals surface area contributed by atoms with E-state index in [2.05, 4.69) is 26.1 Å². The van der Waals surface area contributed by atoms with Crippen molar-refractivity contribution in [2.45, 2.75) is 26.4 Å². The number of carbonyl (C=O) groups excluding carboxylic acids is 1. The molecule has 1 heterocycles. The summed E-state index contributed by atoms with van der Waals surface area (Å²) in [6.07, 6.45) is 1.04. The van der Waals surface area contributed by atoms with Gasteiger partial charge in [-0.1, -0.05) is 0 Å². The SMILES string of the molecule is CN/C(CN1CCN(C(=O)OC(C)(C)C)CC1)=C(/Br)C=N. The van der Waals surface area contributed by atoms with Crippen LogP contribution in [-0.4, -0.2) is 67.5 Å². The molecule has 1 saturated heterocycles. The van der Waals surface area contributed by atoms with Crippen LogP contribution in [0, 0.1) is 5.41 Å². The van der Waals surface area contributed by atoms with Gasteiger partial charge in [0, 0.05) is 51.7 Å². The Hall–Kier alpha value is -1.08. The number of ether oxygens (including phenoxy) is 1. The molecule has 6 nitrogen and oxygen atoms in total. The molecule has 0 radical (unpaired) electrons. The lowest BCUT2D eigenvalue weighted by atomic mass is 10.2. The molecule has 1 amide bonds. The van der Waals surface area contributed by atoms with Crippen molar-refractivity contribution >= 4 is 28.2 Å². The van der Waals surface area contributed by atoms with Gasteiger partial charge in [-0.15, -0.1) is 0 Å². The summed E-state index contributed by atoms with van der Waals surface area (Å²) in [7, 11) is 1.84. The van der Waals surface area contributed by atoms with Crippen LogP contribution in [0.25, 0.3) is 0 Å². The summed E-state index contributed by atoms with van der Waals surface area (Å²) in [5.41, 5.74) is 0.515. The molecule has 0 aromatic carbocycles. The molecular formula is C14H25BrN4O2. The van der Waals surface area contributed by atoms with E-state index in [9.17, 15) is 4.79 Å². The minimum Gasteiger partial charge on any atom is -0.444 e. The molecule has 1 fully saturated rings. The fraction of sp³-hybridized carbons (Fsp3) is 0.714. The second-order valence-corrected chi connectivity index (χ2v) is 6.82. The Morgan fingerprint density at radius 1 is 1.33 bits per heavy atom. The maximum Gasteiger partial charge on any atom is 0.410 e. The molecule has 0 bridgehead atoms. The fourth-order valence-corrected chi connectivity index (χ4v) is 2.32. The van der Waals surface area contributed by atoms with Crippen LogP contribution in [0.15, 0.2) is 10.2 Å². The second-order valence-electron chi connectivity index (χ2n) is 5.96. The van der Waals surface area contributed by atoms with Gasteiger partial charge < -0.3 is 20.4 Å². The summed E-state index contributed by atoms with van der Waals surface area (Å²) in [6.45, 7) is 9.27. The maximum atomic E-state index is 12.0. The predicted molar refractivity (Wildman–Crippen MR) is 88.0 cm³/mol. The first-order valence-electron chi connectivity index (χ1n) is 7.04. The lowest BCUT2D eigenvalue weighted by molar-refractivity contribution is 0.0151. The minimum absolute atomic E-state index is 0.243. The molecule has 0 unspecified atom stereocenters. The van der Waals surface area contributed by atoms with E-state index >= 15 is 0 Å². The van der Waals surface area contributed by atoms with Crippen molar-refractivity contribution in [2.75, 3.05) is 39.8 Å². The van der Waals surface area contributed by atoms with Crippen LogP contribution in [0.4, 0.5) is 4.79 Å². The maximum absolute atomic E-state index is 12.0. The van der Waals surface area contributed by atoms with Crippen LogP contribution < -0.4 is 5.32 Å². The van der Waals surface area contributed by atoms with Crippen LogP contribution in [0.5, 0.6) is 0 Å². The summed E-state index contributed by atoms with van der Waals surface area (Å²) in [6, 6.07) is 0. The van der Waals surface area contributed by atoms with Crippen molar-refractivity contribution in [2.24, 2.45) is 0 Å². The zero-order valence-corrected chi connectivity index (χ0v) is 14.8. The Morgan fingerprint density at radius 3 is 2.33 bits per heavy atom. The summed E-state index contributed by atoms with van der Waals surface area (Å²) in [5, 5.41) is 10.4. The van der Waals surface area contributed by atoms with Gasteiger partial charge in [0.1, 0.15) is 5.60 Å². The molecule has 0 spiro atoms. The number of rotatable bonds is 4. The van der Waals surface area contributed by atoms with Crippen LogP contribution >= 0.6 is 15.9 Å². The third-order valence-corrected chi connectivity index (χ3v) is 3.83. The van der Waals surface area contributed by atoms with Crippen LogP contribution in [0.3, 0.4) is 0 Å². The minimum atomic E-state index is -0.453. The van der Waals surface area contributed by atoms with E-state index in [1.54, 1.807) is 4.90 Å². The molecule has 120 valence electrons. The standard InChI is InChI=1S/C14H25BrN4O2/c1-14(2,3)21-13(20)19-7-5-18(6-8-19)10-12(17-4)11(15)9-16/h9,16-17H,5-8,10H2,1-4H3/b12-11+,16-9?. The van der Waals surface area contributed by atoms with Crippen LogP contribution in [0.1, 0.15) is 20.8 Å². The number of piperazine rings is 1. The summed E-state index contributed by atoms with van der Waals surface area (Å²) in [5.74, 6) is 0. The zero-order chi connectivity index (χ0) is 16.0. The number of amides is 1. The first kappa shape index (κ1) is 18.0. The number of likely N-dealkylation sites (N-methyl/N-ethyl adjacent to an activating group) is 1. The van der Waals surface area contributed by atoms with Gasteiger partial charge in [0.15, 0.2) is 0 Å². The Balaban J connectivity index is 2.49. The van der Waals surface area contributed by atoms with Gasteiger partial charge in [-0.25, -0.2) is 4.79 Å². The van der Waals surface area contributed by atoms with Crippen molar-refractivity contribution in [1.29, 1.82) is 5.41 Å². The average molecular weight is 361 g/mol. The molecule has 2 N–H and O–H groups in total. The lowest BCUT2D eigenvalue weighted by Gasteiger charge is -2.36. The molecule has 1 aliphatic rings. The monoisotopic (exact) mass is 360 g/mol. The van der Waals surface area contributed by atoms with Crippen LogP contribution in [0.2, 0.25) is 0 Å². The quantitative estimate of drug-likeness (QED) is 0.752. The molecule has 1 aliphatic heterocycles. The van der Waals surface area contributed by atoms with Crippen molar-refractivity contribution in [3.8, 4) is 0 Å². The van der Waals surface area contributed by atoms with Gasteiger partial charge in [0.25, 0.3) is 0 Å². The van der Waals surface area contributed by atoms with Gasteiger partial charge in [0.2, 0.25) is 0 Å². The van der Waals surface area contributed by atoms with Gasteiger partial charge >= 0.3 is 6.09 Å². The molecule has 0 aromatic rings.